The van der Waals surface area contributed by atoms with Crippen molar-refractivity contribution < 1.29 is 0 Å². The van der Waals surface area contributed by atoms with Crippen molar-refractivity contribution in [3.05, 3.63) is 54.2 Å². The van der Waals surface area contributed by atoms with Gasteiger partial charge in [0.25, 0.3) is 0 Å². The summed E-state index contributed by atoms with van der Waals surface area (Å²) >= 11 is 0. The molecule has 3 aromatic heterocycles. The van der Waals surface area contributed by atoms with Crippen molar-refractivity contribution in [2.75, 3.05) is 0 Å². The van der Waals surface area contributed by atoms with Gasteiger partial charge in [0.1, 0.15) is 5.65 Å². The van der Waals surface area contributed by atoms with Crippen molar-refractivity contribution in [1.29, 1.82) is 0 Å². The normalized spacial score (nSPS) is 10.9. The average Bonchev–Trinajstić information content (AvgIpc) is 2.78. The van der Waals surface area contributed by atoms with Gasteiger partial charge in [-0.05, 0) is 31.5 Å². The molecule has 0 aliphatic rings. The van der Waals surface area contributed by atoms with Crippen molar-refractivity contribution in [3.63, 3.8) is 0 Å². The Kier molecular flexibility index (Phi) is 2.18. The molecule has 0 radical (unpaired) electrons. The second-order valence-electron chi connectivity index (χ2n) is 4.26. The number of nitrogens with zero attached hydrogens (tertiary/aromatic N) is 3. The topological polar surface area (TPSA) is 30.2 Å². The van der Waals surface area contributed by atoms with Crippen molar-refractivity contribution in [2.45, 2.75) is 13.8 Å². The minimum Gasteiger partial charge on any atom is -0.306 e. The van der Waals surface area contributed by atoms with Crippen molar-refractivity contribution >= 4 is 5.65 Å². The van der Waals surface area contributed by atoms with E-state index in [-0.39, 0.29) is 0 Å². The number of imidazole rings is 1. The Balaban J connectivity index is 2.20. The van der Waals surface area contributed by atoms with E-state index in [9.17, 15) is 0 Å². The maximum absolute atomic E-state index is 4.33. The van der Waals surface area contributed by atoms with Gasteiger partial charge >= 0.3 is 0 Å². The highest BCUT2D eigenvalue weighted by Crippen LogP contribution is 2.21. The van der Waals surface area contributed by atoms with Gasteiger partial charge < -0.3 is 4.40 Å². The zero-order chi connectivity index (χ0) is 11.8. The number of aryl methyl sites for hydroxylation is 2. The molecule has 0 unspecified atom stereocenters. The second kappa shape index (κ2) is 3.70. The number of aromatic nitrogens is 3. The van der Waals surface area contributed by atoms with Crippen molar-refractivity contribution in [1.82, 2.24) is 14.4 Å². The van der Waals surface area contributed by atoms with E-state index in [4.69, 9.17) is 0 Å². The first-order valence-corrected chi connectivity index (χ1v) is 5.60. The Labute approximate surface area is 99.8 Å². The Bertz CT molecular complexity index is 666. The smallest absolute Gasteiger partial charge is 0.139 e. The second-order valence-corrected chi connectivity index (χ2v) is 4.26. The summed E-state index contributed by atoms with van der Waals surface area (Å²) in [5.74, 6) is 0. The highest BCUT2D eigenvalue weighted by atomic mass is 15.0. The molecule has 0 amide bonds. The quantitative estimate of drug-likeness (QED) is 0.634. The molecular formula is C14H13N3. The van der Waals surface area contributed by atoms with E-state index < -0.39 is 0 Å². The molecule has 17 heavy (non-hydrogen) atoms. The highest BCUT2D eigenvalue weighted by molar-refractivity contribution is 5.66. The summed E-state index contributed by atoms with van der Waals surface area (Å²) in [6.07, 6.45) is 7.78. The van der Waals surface area contributed by atoms with Crippen molar-refractivity contribution in [2.24, 2.45) is 0 Å². The molecule has 0 atom stereocenters. The van der Waals surface area contributed by atoms with Crippen LogP contribution in [0, 0.1) is 13.8 Å². The Hall–Kier alpha value is -2.16. The molecule has 3 heterocycles. The molecule has 0 N–H and O–H groups in total. The molecule has 0 saturated heterocycles. The maximum Gasteiger partial charge on any atom is 0.139 e. The summed E-state index contributed by atoms with van der Waals surface area (Å²) in [7, 11) is 0. The lowest BCUT2D eigenvalue weighted by Crippen LogP contribution is -1.90. The predicted molar refractivity (Wildman–Crippen MR) is 67.9 cm³/mol. The lowest BCUT2D eigenvalue weighted by molar-refractivity contribution is 1.16. The van der Waals surface area contributed by atoms with E-state index in [1.54, 1.807) is 0 Å². The van der Waals surface area contributed by atoms with Crippen LogP contribution in [0.3, 0.4) is 0 Å². The van der Waals surface area contributed by atoms with Gasteiger partial charge in [0.05, 0.1) is 0 Å². The molecule has 0 bridgehead atoms. The lowest BCUT2D eigenvalue weighted by atomic mass is 10.1. The Morgan fingerprint density at radius 2 is 1.94 bits per heavy atom. The zero-order valence-electron chi connectivity index (χ0n) is 9.88. The fourth-order valence-corrected chi connectivity index (χ4v) is 2.00. The van der Waals surface area contributed by atoms with Crippen LogP contribution in [0.4, 0.5) is 0 Å². The van der Waals surface area contributed by atoms with Crippen LogP contribution in [0.15, 0.2) is 43.0 Å². The van der Waals surface area contributed by atoms with Gasteiger partial charge in [-0.1, -0.05) is 6.07 Å². The molecule has 84 valence electrons. The van der Waals surface area contributed by atoms with Gasteiger partial charge in [0.15, 0.2) is 0 Å². The van der Waals surface area contributed by atoms with E-state index in [2.05, 4.69) is 35.2 Å². The summed E-state index contributed by atoms with van der Waals surface area (Å²) in [6, 6.07) is 6.28. The van der Waals surface area contributed by atoms with Gasteiger partial charge in [-0.3, -0.25) is 4.98 Å². The summed E-state index contributed by atoms with van der Waals surface area (Å²) in [5.41, 5.74) is 5.52. The highest BCUT2D eigenvalue weighted by Gasteiger charge is 2.03. The first-order chi connectivity index (χ1) is 8.24. The summed E-state index contributed by atoms with van der Waals surface area (Å²) < 4.78 is 2.05. The van der Waals surface area contributed by atoms with E-state index in [1.165, 1.54) is 11.1 Å². The van der Waals surface area contributed by atoms with Gasteiger partial charge in [-0.15, -0.1) is 0 Å². The summed E-state index contributed by atoms with van der Waals surface area (Å²) in [6.45, 7) is 4.07. The third-order valence-corrected chi connectivity index (χ3v) is 2.92. The molecule has 3 heteroatoms. The number of hydrogen-bond donors (Lipinski definition) is 0. The van der Waals surface area contributed by atoms with Crippen LogP contribution in [-0.4, -0.2) is 14.4 Å². The molecule has 0 saturated carbocycles. The molecule has 0 spiro atoms. The predicted octanol–water partition coefficient (Wildman–Crippen LogP) is 3.01. The SMILES string of the molecule is Cc1ccc(-c2cc(C)c3nccn3c2)cn1. The minimum absolute atomic E-state index is 1.01. The van der Waals surface area contributed by atoms with E-state index in [1.807, 2.05) is 36.0 Å². The molecule has 0 aliphatic carbocycles. The van der Waals surface area contributed by atoms with Crippen LogP contribution in [-0.2, 0) is 0 Å². The van der Waals surface area contributed by atoms with Crippen molar-refractivity contribution in [3.8, 4) is 11.1 Å². The van der Waals surface area contributed by atoms with Gasteiger partial charge in [0, 0.05) is 41.6 Å². The van der Waals surface area contributed by atoms with E-state index in [0.29, 0.717) is 0 Å². The Morgan fingerprint density at radius 1 is 1.06 bits per heavy atom. The molecule has 0 fully saturated rings. The molecule has 0 aromatic carbocycles. The summed E-state index contributed by atoms with van der Waals surface area (Å²) in [5, 5.41) is 0. The average molecular weight is 223 g/mol. The minimum atomic E-state index is 1.01. The third kappa shape index (κ3) is 1.69. The molecule has 0 aliphatic heterocycles. The molecular weight excluding hydrogens is 210 g/mol. The standard InChI is InChI=1S/C14H13N3/c1-10-7-13(9-17-6-5-15-14(10)17)12-4-3-11(2)16-8-12/h3-9H,1-2H3. The van der Waals surface area contributed by atoms with E-state index in [0.717, 1.165) is 16.9 Å². The summed E-state index contributed by atoms with van der Waals surface area (Å²) in [4.78, 5) is 8.64. The van der Waals surface area contributed by atoms with E-state index >= 15 is 0 Å². The zero-order valence-corrected chi connectivity index (χ0v) is 9.88. The van der Waals surface area contributed by atoms with Crippen LogP contribution in [0.1, 0.15) is 11.3 Å². The fraction of sp³-hybridized carbons (Fsp3) is 0.143. The number of hydrogen-bond acceptors (Lipinski definition) is 2. The monoisotopic (exact) mass is 223 g/mol. The van der Waals surface area contributed by atoms with Crippen LogP contribution in [0.2, 0.25) is 0 Å². The largest absolute Gasteiger partial charge is 0.306 e. The van der Waals surface area contributed by atoms with Crippen LogP contribution < -0.4 is 0 Å². The first-order valence-electron chi connectivity index (χ1n) is 5.60. The maximum atomic E-state index is 4.33. The molecule has 3 rings (SSSR count). The van der Waals surface area contributed by atoms with Gasteiger partial charge in [0.2, 0.25) is 0 Å². The number of pyridine rings is 2. The van der Waals surface area contributed by atoms with Gasteiger partial charge in [-0.2, -0.15) is 0 Å². The number of rotatable bonds is 1. The lowest BCUT2D eigenvalue weighted by Gasteiger charge is -2.05. The molecule has 3 aromatic rings. The van der Waals surface area contributed by atoms with Gasteiger partial charge in [-0.25, -0.2) is 4.98 Å². The first kappa shape index (κ1) is 10.0. The van der Waals surface area contributed by atoms with Crippen LogP contribution in [0.5, 0.6) is 0 Å². The third-order valence-electron chi connectivity index (χ3n) is 2.92. The molecule has 3 nitrogen and oxygen atoms in total. The number of fused-ring (bicyclic) bond motifs is 1. The van der Waals surface area contributed by atoms with Crippen LogP contribution in [0.25, 0.3) is 16.8 Å². The fourth-order valence-electron chi connectivity index (χ4n) is 2.00. The van der Waals surface area contributed by atoms with Crippen LogP contribution >= 0.6 is 0 Å². The Morgan fingerprint density at radius 3 is 2.71 bits per heavy atom.